The zero-order valence-corrected chi connectivity index (χ0v) is 18.4. The van der Waals surface area contributed by atoms with Crippen LogP contribution in [-0.4, -0.2) is 37.0 Å². The molecule has 1 fully saturated rings. The van der Waals surface area contributed by atoms with Crippen molar-refractivity contribution < 1.29 is 9.53 Å². The summed E-state index contributed by atoms with van der Waals surface area (Å²) in [6.07, 6.45) is 1.91. The normalized spacial score (nSPS) is 15.1. The SMILES string of the molecule is COc1ccccc1C(=O)N(c1ccc(C)cc1)C1CCN(Cc2ccsc2)CC1. The molecule has 5 heteroatoms. The first kappa shape index (κ1) is 20.6. The van der Waals surface area contributed by atoms with Gasteiger partial charge in [0.25, 0.3) is 5.91 Å². The molecule has 1 aromatic heterocycles. The monoisotopic (exact) mass is 420 g/mol. The Morgan fingerprint density at radius 1 is 1.10 bits per heavy atom. The van der Waals surface area contributed by atoms with Gasteiger partial charge in [0.15, 0.2) is 0 Å². The molecule has 0 bridgehead atoms. The van der Waals surface area contributed by atoms with Gasteiger partial charge >= 0.3 is 0 Å². The number of anilines is 1. The molecule has 0 spiro atoms. The number of carbonyl (C=O) groups excluding carboxylic acids is 1. The topological polar surface area (TPSA) is 32.8 Å². The van der Waals surface area contributed by atoms with E-state index in [-0.39, 0.29) is 11.9 Å². The van der Waals surface area contributed by atoms with Crippen LogP contribution in [0.1, 0.15) is 34.3 Å². The number of nitrogens with zero attached hydrogens (tertiary/aromatic N) is 2. The molecule has 2 aromatic carbocycles. The number of thiophene rings is 1. The van der Waals surface area contributed by atoms with E-state index in [1.807, 2.05) is 29.2 Å². The van der Waals surface area contributed by atoms with Crippen molar-refractivity contribution in [1.29, 1.82) is 0 Å². The van der Waals surface area contributed by atoms with Crippen LogP contribution < -0.4 is 9.64 Å². The number of ether oxygens (including phenoxy) is 1. The molecule has 4 nitrogen and oxygen atoms in total. The molecule has 30 heavy (non-hydrogen) atoms. The number of methoxy groups -OCH3 is 1. The molecule has 3 aromatic rings. The quantitative estimate of drug-likeness (QED) is 0.537. The first-order chi connectivity index (χ1) is 14.7. The van der Waals surface area contributed by atoms with Crippen molar-refractivity contribution in [2.24, 2.45) is 0 Å². The van der Waals surface area contributed by atoms with Crippen LogP contribution in [-0.2, 0) is 6.54 Å². The van der Waals surface area contributed by atoms with Crippen LogP contribution >= 0.6 is 11.3 Å². The zero-order chi connectivity index (χ0) is 20.9. The second-order valence-electron chi connectivity index (χ2n) is 7.85. The summed E-state index contributed by atoms with van der Waals surface area (Å²) in [6, 6.07) is 18.1. The third kappa shape index (κ3) is 4.58. The molecular weight excluding hydrogens is 392 g/mol. The van der Waals surface area contributed by atoms with Crippen molar-refractivity contribution >= 4 is 22.9 Å². The van der Waals surface area contributed by atoms with Gasteiger partial charge < -0.3 is 9.64 Å². The van der Waals surface area contributed by atoms with Gasteiger partial charge in [0.1, 0.15) is 5.75 Å². The van der Waals surface area contributed by atoms with E-state index in [4.69, 9.17) is 4.74 Å². The van der Waals surface area contributed by atoms with Crippen molar-refractivity contribution in [1.82, 2.24) is 4.90 Å². The van der Waals surface area contributed by atoms with Gasteiger partial charge in [-0.2, -0.15) is 11.3 Å². The molecule has 2 heterocycles. The fourth-order valence-corrected chi connectivity index (χ4v) is 4.79. The van der Waals surface area contributed by atoms with Crippen molar-refractivity contribution in [3.8, 4) is 5.75 Å². The minimum absolute atomic E-state index is 0.00703. The molecule has 1 saturated heterocycles. The van der Waals surface area contributed by atoms with Gasteiger partial charge in [-0.3, -0.25) is 9.69 Å². The minimum Gasteiger partial charge on any atom is -0.496 e. The van der Waals surface area contributed by atoms with Crippen LogP contribution in [0.15, 0.2) is 65.4 Å². The highest BCUT2D eigenvalue weighted by Crippen LogP contribution is 2.29. The van der Waals surface area contributed by atoms with E-state index >= 15 is 0 Å². The van der Waals surface area contributed by atoms with Crippen molar-refractivity contribution in [3.05, 3.63) is 82.0 Å². The predicted octanol–water partition coefficient (Wildman–Crippen LogP) is 5.38. The van der Waals surface area contributed by atoms with Gasteiger partial charge in [-0.15, -0.1) is 0 Å². The first-order valence-corrected chi connectivity index (χ1v) is 11.4. The lowest BCUT2D eigenvalue weighted by Crippen LogP contribution is -2.47. The highest BCUT2D eigenvalue weighted by molar-refractivity contribution is 7.07. The zero-order valence-electron chi connectivity index (χ0n) is 17.6. The molecule has 0 radical (unpaired) electrons. The average molecular weight is 421 g/mol. The van der Waals surface area contributed by atoms with Crippen molar-refractivity contribution in [2.75, 3.05) is 25.1 Å². The Morgan fingerprint density at radius 3 is 2.50 bits per heavy atom. The molecule has 0 atom stereocenters. The number of likely N-dealkylation sites (tertiary alicyclic amines) is 1. The van der Waals surface area contributed by atoms with Crippen LogP contribution in [0.5, 0.6) is 5.75 Å². The molecule has 1 amide bonds. The number of aryl methyl sites for hydroxylation is 1. The third-order valence-corrected chi connectivity index (χ3v) is 6.51. The lowest BCUT2D eigenvalue weighted by molar-refractivity contribution is 0.0955. The standard InChI is InChI=1S/C25H28N2O2S/c1-19-7-9-21(10-8-19)27(25(28)23-5-3-4-6-24(23)29-2)22-11-14-26(15-12-22)17-20-13-16-30-18-20/h3-10,13,16,18,22H,11-12,14-15,17H2,1-2H3. The smallest absolute Gasteiger partial charge is 0.262 e. The van der Waals surface area contributed by atoms with E-state index in [0.717, 1.165) is 38.2 Å². The minimum atomic E-state index is 0.00703. The van der Waals surface area contributed by atoms with Gasteiger partial charge in [-0.1, -0.05) is 29.8 Å². The van der Waals surface area contributed by atoms with E-state index < -0.39 is 0 Å². The second-order valence-corrected chi connectivity index (χ2v) is 8.63. The number of hydrogen-bond acceptors (Lipinski definition) is 4. The molecule has 1 aliphatic rings. The molecule has 0 saturated carbocycles. The van der Waals surface area contributed by atoms with Crippen LogP contribution in [0.3, 0.4) is 0 Å². The van der Waals surface area contributed by atoms with Gasteiger partial charge in [0.05, 0.1) is 12.7 Å². The predicted molar refractivity (Wildman–Crippen MR) is 124 cm³/mol. The maximum Gasteiger partial charge on any atom is 0.262 e. The summed E-state index contributed by atoms with van der Waals surface area (Å²) in [5.74, 6) is 0.627. The van der Waals surface area contributed by atoms with Crippen LogP contribution in [0, 0.1) is 6.92 Å². The number of carbonyl (C=O) groups is 1. The Kier molecular flexibility index (Phi) is 6.50. The largest absolute Gasteiger partial charge is 0.496 e. The van der Waals surface area contributed by atoms with E-state index in [9.17, 15) is 4.79 Å². The third-order valence-electron chi connectivity index (χ3n) is 5.78. The summed E-state index contributed by atoms with van der Waals surface area (Å²) in [5, 5.41) is 4.35. The van der Waals surface area contributed by atoms with Crippen LogP contribution in [0.25, 0.3) is 0 Å². The van der Waals surface area contributed by atoms with Gasteiger partial charge in [-0.05, 0) is 66.4 Å². The maximum absolute atomic E-state index is 13.7. The number of hydrogen-bond donors (Lipinski definition) is 0. The number of para-hydroxylation sites is 1. The summed E-state index contributed by atoms with van der Waals surface area (Å²) in [6.45, 7) is 5.03. The van der Waals surface area contributed by atoms with E-state index in [1.165, 1.54) is 11.1 Å². The van der Waals surface area contributed by atoms with Gasteiger partial charge in [-0.25, -0.2) is 0 Å². The first-order valence-electron chi connectivity index (χ1n) is 10.4. The Morgan fingerprint density at radius 2 is 1.83 bits per heavy atom. The summed E-state index contributed by atoms with van der Waals surface area (Å²) >= 11 is 1.75. The molecular formula is C25H28N2O2S. The lowest BCUT2D eigenvalue weighted by atomic mass is 10.00. The molecule has 0 N–H and O–H groups in total. The second kappa shape index (κ2) is 9.45. The Bertz CT molecular complexity index is 961. The van der Waals surface area contributed by atoms with Crippen LogP contribution in [0.2, 0.25) is 0 Å². The molecule has 0 unspecified atom stereocenters. The maximum atomic E-state index is 13.7. The molecule has 1 aliphatic heterocycles. The number of rotatable bonds is 6. The Balaban J connectivity index is 1.57. The number of piperidine rings is 1. The molecule has 4 rings (SSSR count). The summed E-state index contributed by atoms with van der Waals surface area (Å²) in [5.41, 5.74) is 4.13. The highest BCUT2D eigenvalue weighted by Gasteiger charge is 2.31. The van der Waals surface area contributed by atoms with Crippen molar-refractivity contribution in [2.45, 2.75) is 32.4 Å². The van der Waals surface area contributed by atoms with E-state index in [2.05, 4.69) is 52.9 Å². The fraction of sp³-hybridized carbons (Fsp3) is 0.320. The average Bonchev–Trinajstić information content (AvgIpc) is 3.29. The summed E-state index contributed by atoms with van der Waals surface area (Å²) in [7, 11) is 1.62. The summed E-state index contributed by atoms with van der Waals surface area (Å²) < 4.78 is 5.48. The number of benzene rings is 2. The van der Waals surface area contributed by atoms with Gasteiger partial charge in [0, 0.05) is 31.4 Å². The Labute approximate surface area is 182 Å². The Hall–Kier alpha value is -2.63. The number of amides is 1. The van der Waals surface area contributed by atoms with Crippen LogP contribution in [0.4, 0.5) is 5.69 Å². The van der Waals surface area contributed by atoms with E-state index in [0.29, 0.717) is 11.3 Å². The fourth-order valence-electron chi connectivity index (χ4n) is 4.13. The highest BCUT2D eigenvalue weighted by atomic mass is 32.1. The van der Waals surface area contributed by atoms with E-state index in [1.54, 1.807) is 18.4 Å². The molecule has 0 aliphatic carbocycles. The summed E-state index contributed by atoms with van der Waals surface area (Å²) in [4.78, 5) is 18.2. The lowest BCUT2D eigenvalue weighted by Gasteiger charge is -2.38. The molecule has 156 valence electrons. The van der Waals surface area contributed by atoms with Gasteiger partial charge in [0.2, 0.25) is 0 Å². The van der Waals surface area contributed by atoms with Crippen molar-refractivity contribution in [3.63, 3.8) is 0 Å².